The molecule has 0 aliphatic carbocycles. The van der Waals surface area contributed by atoms with Gasteiger partial charge in [-0.05, 0) is 55.7 Å². The standard InChI is InChI=1S/C24H31ClN2O4/c1-5-17(3)26-24(29)22(6-2)27(15-18-9-7-8-10-21(18)25)23(28)16-31-20-13-11-19(30-4)12-14-20/h7-14,17,22H,5-6,15-16H2,1-4H3,(H,26,29)/t17-,22-/m0/s1. The highest BCUT2D eigenvalue weighted by Gasteiger charge is 2.30. The number of rotatable bonds is 11. The van der Waals surface area contributed by atoms with E-state index in [0.29, 0.717) is 22.9 Å². The first kappa shape index (κ1) is 24.5. The molecule has 0 saturated heterocycles. The van der Waals surface area contributed by atoms with Crippen molar-refractivity contribution >= 4 is 23.4 Å². The molecule has 0 unspecified atom stereocenters. The number of amides is 2. The molecule has 1 N–H and O–H groups in total. The SMILES string of the molecule is CC[C@H](C)NC(=O)[C@H](CC)N(Cc1ccccc1Cl)C(=O)COc1ccc(OC)cc1. The molecule has 2 amide bonds. The summed E-state index contributed by atoms with van der Waals surface area (Å²) in [6, 6.07) is 13.7. The minimum Gasteiger partial charge on any atom is -0.497 e. The normalized spacial score (nSPS) is 12.5. The molecule has 0 fully saturated rings. The molecule has 0 saturated carbocycles. The summed E-state index contributed by atoms with van der Waals surface area (Å²) in [5, 5.41) is 3.53. The van der Waals surface area contributed by atoms with Crippen LogP contribution in [0, 0.1) is 0 Å². The lowest BCUT2D eigenvalue weighted by Gasteiger charge is -2.31. The van der Waals surface area contributed by atoms with Gasteiger partial charge < -0.3 is 19.7 Å². The zero-order valence-electron chi connectivity index (χ0n) is 18.6. The zero-order chi connectivity index (χ0) is 22.8. The fraction of sp³-hybridized carbons (Fsp3) is 0.417. The summed E-state index contributed by atoms with van der Waals surface area (Å²) >= 11 is 6.33. The first-order chi connectivity index (χ1) is 14.9. The first-order valence-electron chi connectivity index (χ1n) is 10.5. The van der Waals surface area contributed by atoms with E-state index in [-0.39, 0.29) is 31.0 Å². The quantitative estimate of drug-likeness (QED) is 0.553. The topological polar surface area (TPSA) is 67.9 Å². The summed E-state index contributed by atoms with van der Waals surface area (Å²) in [6.45, 7) is 5.86. The molecule has 7 heteroatoms. The van der Waals surface area contributed by atoms with Crippen LogP contribution in [-0.2, 0) is 16.1 Å². The fourth-order valence-electron chi connectivity index (χ4n) is 3.07. The lowest BCUT2D eigenvalue weighted by atomic mass is 10.1. The van der Waals surface area contributed by atoms with Gasteiger partial charge in [0.2, 0.25) is 5.91 Å². The van der Waals surface area contributed by atoms with Crippen LogP contribution >= 0.6 is 11.6 Å². The second kappa shape index (κ2) is 12.2. The summed E-state index contributed by atoms with van der Waals surface area (Å²) in [5.74, 6) is 0.777. The number of carbonyl (C=O) groups is 2. The molecule has 2 aromatic carbocycles. The van der Waals surface area contributed by atoms with Crippen molar-refractivity contribution in [1.82, 2.24) is 10.2 Å². The number of benzene rings is 2. The molecule has 2 atom stereocenters. The van der Waals surface area contributed by atoms with Gasteiger partial charge in [-0.15, -0.1) is 0 Å². The smallest absolute Gasteiger partial charge is 0.261 e. The van der Waals surface area contributed by atoms with Crippen LogP contribution in [0.15, 0.2) is 48.5 Å². The molecule has 0 spiro atoms. The maximum atomic E-state index is 13.2. The molecule has 31 heavy (non-hydrogen) atoms. The van der Waals surface area contributed by atoms with E-state index in [2.05, 4.69) is 5.32 Å². The number of nitrogens with one attached hydrogen (secondary N) is 1. The Bertz CT molecular complexity index is 857. The fourth-order valence-corrected chi connectivity index (χ4v) is 3.27. The highest BCUT2D eigenvalue weighted by atomic mass is 35.5. The highest BCUT2D eigenvalue weighted by Crippen LogP contribution is 2.21. The Morgan fingerprint density at radius 1 is 1.03 bits per heavy atom. The highest BCUT2D eigenvalue weighted by molar-refractivity contribution is 6.31. The molecule has 0 heterocycles. The van der Waals surface area contributed by atoms with E-state index in [1.165, 1.54) is 0 Å². The Balaban J connectivity index is 2.20. The van der Waals surface area contributed by atoms with Gasteiger partial charge in [0.05, 0.1) is 7.11 Å². The third-order valence-corrected chi connectivity index (χ3v) is 5.48. The van der Waals surface area contributed by atoms with E-state index in [0.717, 1.165) is 12.0 Å². The number of hydrogen-bond donors (Lipinski definition) is 1. The minimum absolute atomic E-state index is 0.0226. The largest absolute Gasteiger partial charge is 0.497 e. The van der Waals surface area contributed by atoms with E-state index in [1.807, 2.05) is 39.0 Å². The van der Waals surface area contributed by atoms with Crippen LogP contribution in [-0.4, -0.2) is 42.5 Å². The number of methoxy groups -OCH3 is 1. The molecule has 0 aromatic heterocycles. The van der Waals surface area contributed by atoms with Crippen molar-refractivity contribution in [3.8, 4) is 11.5 Å². The Kier molecular flexibility index (Phi) is 9.66. The Hall–Kier alpha value is -2.73. The van der Waals surface area contributed by atoms with Gasteiger partial charge in [-0.1, -0.05) is 43.6 Å². The number of halogens is 1. The lowest BCUT2D eigenvalue weighted by Crippen LogP contribution is -2.51. The predicted octanol–water partition coefficient (Wildman–Crippen LogP) is 4.45. The molecule has 2 rings (SSSR count). The molecular formula is C24H31ClN2O4. The van der Waals surface area contributed by atoms with Crippen LogP contribution < -0.4 is 14.8 Å². The van der Waals surface area contributed by atoms with E-state index in [9.17, 15) is 9.59 Å². The van der Waals surface area contributed by atoms with Crippen LogP contribution in [0.5, 0.6) is 11.5 Å². The summed E-state index contributed by atoms with van der Waals surface area (Å²) in [6.07, 6.45) is 1.28. The number of carbonyl (C=O) groups excluding carboxylic acids is 2. The maximum Gasteiger partial charge on any atom is 0.261 e. The van der Waals surface area contributed by atoms with Crippen molar-refractivity contribution in [2.45, 2.75) is 52.2 Å². The molecule has 0 bridgehead atoms. The third-order valence-electron chi connectivity index (χ3n) is 5.11. The Labute approximate surface area is 189 Å². The number of hydrogen-bond acceptors (Lipinski definition) is 4. The minimum atomic E-state index is -0.628. The van der Waals surface area contributed by atoms with Gasteiger partial charge in [-0.25, -0.2) is 0 Å². The van der Waals surface area contributed by atoms with Crippen molar-refractivity contribution in [2.75, 3.05) is 13.7 Å². The zero-order valence-corrected chi connectivity index (χ0v) is 19.3. The van der Waals surface area contributed by atoms with Gasteiger partial charge in [0.25, 0.3) is 5.91 Å². The monoisotopic (exact) mass is 446 g/mol. The Morgan fingerprint density at radius 2 is 1.68 bits per heavy atom. The third kappa shape index (κ3) is 7.17. The van der Waals surface area contributed by atoms with Crippen molar-refractivity contribution in [1.29, 1.82) is 0 Å². The van der Waals surface area contributed by atoms with Gasteiger partial charge in [0.1, 0.15) is 17.5 Å². The van der Waals surface area contributed by atoms with Gasteiger partial charge in [0.15, 0.2) is 6.61 Å². The Morgan fingerprint density at radius 3 is 2.26 bits per heavy atom. The summed E-state index contributed by atoms with van der Waals surface area (Å²) in [7, 11) is 1.58. The second-order valence-corrected chi connectivity index (χ2v) is 7.73. The van der Waals surface area contributed by atoms with Crippen molar-refractivity contribution in [3.05, 3.63) is 59.1 Å². The van der Waals surface area contributed by atoms with Crippen LogP contribution in [0.3, 0.4) is 0 Å². The summed E-state index contributed by atoms with van der Waals surface area (Å²) in [4.78, 5) is 27.6. The van der Waals surface area contributed by atoms with E-state index in [1.54, 1.807) is 42.3 Å². The van der Waals surface area contributed by atoms with E-state index in [4.69, 9.17) is 21.1 Å². The van der Waals surface area contributed by atoms with Crippen LogP contribution in [0.25, 0.3) is 0 Å². The summed E-state index contributed by atoms with van der Waals surface area (Å²) in [5.41, 5.74) is 0.775. The molecule has 0 aliphatic rings. The molecule has 168 valence electrons. The average molecular weight is 447 g/mol. The first-order valence-corrected chi connectivity index (χ1v) is 10.9. The van der Waals surface area contributed by atoms with Gasteiger partial charge in [-0.2, -0.15) is 0 Å². The van der Waals surface area contributed by atoms with Crippen molar-refractivity contribution in [2.24, 2.45) is 0 Å². The maximum absolute atomic E-state index is 13.2. The van der Waals surface area contributed by atoms with Crippen molar-refractivity contribution < 1.29 is 19.1 Å². The second-order valence-electron chi connectivity index (χ2n) is 7.32. The van der Waals surface area contributed by atoms with E-state index < -0.39 is 6.04 Å². The van der Waals surface area contributed by atoms with Crippen LogP contribution in [0.2, 0.25) is 5.02 Å². The van der Waals surface area contributed by atoms with Crippen molar-refractivity contribution in [3.63, 3.8) is 0 Å². The number of ether oxygens (including phenoxy) is 2. The van der Waals surface area contributed by atoms with Gasteiger partial charge in [0, 0.05) is 17.6 Å². The van der Waals surface area contributed by atoms with Crippen LogP contribution in [0.4, 0.5) is 0 Å². The average Bonchev–Trinajstić information content (AvgIpc) is 2.78. The van der Waals surface area contributed by atoms with Gasteiger partial charge >= 0.3 is 0 Å². The predicted molar refractivity (Wildman–Crippen MR) is 122 cm³/mol. The summed E-state index contributed by atoms with van der Waals surface area (Å²) < 4.78 is 10.8. The molecule has 0 aliphatic heterocycles. The lowest BCUT2D eigenvalue weighted by molar-refractivity contribution is -0.143. The van der Waals surface area contributed by atoms with Gasteiger partial charge in [-0.3, -0.25) is 9.59 Å². The molecule has 0 radical (unpaired) electrons. The molecular weight excluding hydrogens is 416 g/mol. The number of nitrogens with zero attached hydrogens (tertiary/aromatic N) is 1. The van der Waals surface area contributed by atoms with Crippen LogP contribution in [0.1, 0.15) is 39.2 Å². The van der Waals surface area contributed by atoms with E-state index >= 15 is 0 Å². The molecule has 6 nitrogen and oxygen atoms in total. The molecule has 2 aromatic rings.